The van der Waals surface area contributed by atoms with Gasteiger partial charge in [-0.25, -0.2) is 4.39 Å². The van der Waals surface area contributed by atoms with Gasteiger partial charge < -0.3 is 5.32 Å². The molecule has 1 aliphatic carbocycles. The summed E-state index contributed by atoms with van der Waals surface area (Å²) in [5, 5.41) is 7.54. The number of hydrogen-bond donors (Lipinski definition) is 1. The van der Waals surface area contributed by atoms with Gasteiger partial charge in [-0.15, -0.1) is 0 Å². The maximum atomic E-state index is 13.3. The van der Waals surface area contributed by atoms with Crippen LogP contribution in [0.1, 0.15) is 17.9 Å². The van der Waals surface area contributed by atoms with E-state index < -0.39 is 0 Å². The Morgan fingerprint density at radius 2 is 1.96 bits per heavy atom. The Kier molecular flexibility index (Phi) is 4.01. The van der Waals surface area contributed by atoms with E-state index in [9.17, 15) is 9.18 Å². The third kappa shape index (κ3) is 3.15. The van der Waals surface area contributed by atoms with Crippen molar-refractivity contribution in [3.05, 3.63) is 87.6 Å². The van der Waals surface area contributed by atoms with Crippen molar-refractivity contribution in [3.63, 3.8) is 0 Å². The minimum absolute atomic E-state index is 0.101. The van der Waals surface area contributed by atoms with Gasteiger partial charge in [0.1, 0.15) is 10.8 Å². The molecule has 0 radical (unpaired) electrons. The number of aromatic nitrogens is 2. The van der Waals surface area contributed by atoms with E-state index in [0.29, 0.717) is 11.4 Å². The summed E-state index contributed by atoms with van der Waals surface area (Å²) in [6, 6.07) is 15.8. The Balaban J connectivity index is 1.55. The Morgan fingerprint density at radius 1 is 1.16 bits per heavy atom. The summed E-state index contributed by atoms with van der Waals surface area (Å²) in [5.74, 6) is -0.0309. The second-order valence-corrected chi connectivity index (χ2v) is 6.45. The normalized spacial score (nSPS) is 18.8. The molecule has 1 N–H and O–H groups in total. The second kappa shape index (κ2) is 6.33. The average molecular weight is 356 g/mol. The van der Waals surface area contributed by atoms with Crippen molar-refractivity contribution < 1.29 is 4.39 Å². The molecule has 0 spiro atoms. The lowest BCUT2D eigenvalue weighted by atomic mass is 10.1. The number of rotatable bonds is 4. The average Bonchev–Trinajstić information content (AvgIpc) is 3.39. The summed E-state index contributed by atoms with van der Waals surface area (Å²) in [6.45, 7) is 0. The van der Waals surface area contributed by atoms with Crippen LogP contribution in [0.4, 0.5) is 10.1 Å². The fraction of sp³-hybridized carbons (Fsp3) is 0.158. The zero-order chi connectivity index (χ0) is 17.4. The number of halogens is 2. The maximum absolute atomic E-state index is 13.3. The highest BCUT2D eigenvalue weighted by atomic mass is 35.5. The Labute approximate surface area is 148 Å². The fourth-order valence-corrected chi connectivity index (χ4v) is 3.13. The summed E-state index contributed by atoms with van der Waals surface area (Å²) in [7, 11) is 0. The molecule has 0 unspecified atom stereocenters. The van der Waals surface area contributed by atoms with Crippen molar-refractivity contribution in [3.8, 4) is 5.69 Å². The van der Waals surface area contributed by atoms with Crippen LogP contribution in [0.2, 0.25) is 5.02 Å². The number of nitrogens with one attached hydrogen (secondary N) is 1. The van der Waals surface area contributed by atoms with E-state index in [0.717, 1.165) is 12.0 Å². The molecule has 126 valence electrons. The van der Waals surface area contributed by atoms with E-state index in [2.05, 4.69) is 10.4 Å². The molecule has 1 aromatic heterocycles. The molecule has 0 aliphatic heterocycles. The lowest BCUT2D eigenvalue weighted by Gasteiger charge is -2.10. The zero-order valence-electron chi connectivity index (χ0n) is 13.2. The molecule has 6 heteroatoms. The predicted octanol–water partition coefficient (Wildman–Crippen LogP) is 3.99. The smallest absolute Gasteiger partial charge is 0.292 e. The van der Waals surface area contributed by atoms with Crippen LogP contribution in [0.5, 0.6) is 0 Å². The largest absolute Gasteiger partial charge is 0.379 e. The molecule has 0 saturated heterocycles. The molecule has 1 heterocycles. The highest BCUT2D eigenvalue weighted by Crippen LogP contribution is 2.43. The van der Waals surface area contributed by atoms with Gasteiger partial charge in [-0.1, -0.05) is 41.9 Å². The first-order chi connectivity index (χ1) is 12.1. The van der Waals surface area contributed by atoms with Crippen LogP contribution in [-0.4, -0.2) is 15.8 Å². The maximum Gasteiger partial charge on any atom is 0.292 e. The lowest BCUT2D eigenvalue weighted by molar-refractivity contribution is 0.625. The molecule has 2 atom stereocenters. The number of para-hydroxylation sites is 1. The van der Waals surface area contributed by atoms with Gasteiger partial charge in [-0.05, 0) is 36.2 Å². The van der Waals surface area contributed by atoms with E-state index in [1.54, 1.807) is 30.5 Å². The van der Waals surface area contributed by atoms with Crippen LogP contribution in [0.15, 0.2) is 65.6 Å². The van der Waals surface area contributed by atoms with Crippen LogP contribution in [0.3, 0.4) is 0 Å². The van der Waals surface area contributed by atoms with Gasteiger partial charge in [0.05, 0.1) is 17.6 Å². The molecule has 1 saturated carbocycles. The Hall–Kier alpha value is -2.66. The van der Waals surface area contributed by atoms with Crippen LogP contribution in [0, 0.1) is 5.82 Å². The van der Waals surface area contributed by atoms with Gasteiger partial charge in [0.25, 0.3) is 5.56 Å². The Bertz CT molecular complexity index is 974. The molecular formula is C19H15ClFN3O. The third-order valence-electron chi connectivity index (χ3n) is 4.33. The molecular weight excluding hydrogens is 341 g/mol. The second-order valence-electron chi connectivity index (χ2n) is 6.07. The van der Waals surface area contributed by atoms with Gasteiger partial charge in [-0.2, -0.15) is 9.78 Å². The van der Waals surface area contributed by atoms with Gasteiger partial charge >= 0.3 is 0 Å². The zero-order valence-corrected chi connectivity index (χ0v) is 13.9. The number of hydrogen-bond acceptors (Lipinski definition) is 3. The predicted molar refractivity (Wildman–Crippen MR) is 96.0 cm³/mol. The first-order valence-electron chi connectivity index (χ1n) is 7.99. The van der Waals surface area contributed by atoms with Crippen LogP contribution in [-0.2, 0) is 0 Å². The van der Waals surface area contributed by atoms with Crippen LogP contribution >= 0.6 is 11.6 Å². The summed E-state index contributed by atoms with van der Waals surface area (Å²) in [6.07, 6.45) is 2.42. The fourth-order valence-electron chi connectivity index (χ4n) is 2.95. The van der Waals surface area contributed by atoms with E-state index in [4.69, 9.17) is 11.6 Å². The monoisotopic (exact) mass is 355 g/mol. The van der Waals surface area contributed by atoms with Gasteiger partial charge in [0.15, 0.2) is 0 Å². The van der Waals surface area contributed by atoms with Crippen molar-refractivity contribution in [2.45, 2.75) is 18.4 Å². The Morgan fingerprint density at radius 3 is 2.72 bits per heavy atom. The number of nitrogens with zero attached hydrogens (tertiary/aromatic N) is 2. The van der Waals surface area contributed by atoms with Crippen molar-refractivity contribution in [1.29, 1.82) is 0 Å². The van der Waals surface area contributed by atoms with E-state index in [1.807, 2.05) is 24.3 Å². The summed E-state index contributed by atoms with van der Waals surface area (Å²) in [5.41, 5.74) is 1.73. The third-order valence-corrected chi connectivity index (χ3v) is 4.69. The summed E-state index contributed by atoms with van der Waals surface area (Å²) >= 11 is 6.24. The van der Waals surface area contributed by atoms with Crippen molar-refractivity contribution in [2.75, 3.05) is 5.32 Å². The SMILES string of the molecule is O=c1c(Cl)c(N[C@@H]2C[C@H]2c2cccc(F)c2)cnn1-c1ccccc1. The highest BCUT2D eigenvalue weighted by molar-refractivity contribution is 6.33. The quantitative estimate of drug-likeness (QED) is 0.769. The van der Waals surface area contributed by atoms with E-state index >= 15 is 0 Å². The van der Waals surface area contributed by atoms with Crippen LogP contribution < -0.4 is 10.9 Å². The molecule has 1 fully saturated rings. The number of benzene rings is 2. The first-order valence-corrected chi connectivity index (χ1v) is 8.36. The standard InChI is InChI=1S/C19H15ClFN3O/c20-18-17(11-22-24(19(18)25)14-7-2-1-3-8-14)23-16-10-15(16)12-5-4-6-13(21)9-12/h1-9,11,15-16,23H,10H2/t15-,16+/m0/s1. The minimum atomic E-state index is -0.374. The molecule has 1 aliphatic rings. The molecule has 4 rings (SSSR count). The van der Waals surface area contributed by atoms with E-state index in [1.165, 1.54) is 10.7 Å². The minimum Gasteiger partial charge on any atom is -0.379 e. The van der Waals surface area contributed by atoms with Crippen molar-refractivity contribution >= 4 is 17.3 Å². The number of anilines is 1. The van der Waals surface area contributed by atoms with Crippen molar-refractivity contribution in [1.82, 2.24) is 9.78 Å². The molecule has 25 heavy (non-hydrogen) atoms. The van der Waals surface area contributed by atoms with Gasteiger partial charge in [0.2, 0.25) is 0 Å². The molecule has 2 aromatic carbocycles. The van der Waals surface area contributed by atoms with Crippen molar-refractivity contribution in [2.24, 2.45) is 0 Å². The van der Waals surface area contributed by atoms with E-state index in [-0.39, 0.29) is 28.4 Å². The topological polar surface area (TPSA) is 46.9 Å². The summed E-state index contributed by atoms with van der Waals surface area (Å²) in [4.78, 5) is 12.5. The summed E-state index contributed by atoms with van der Waals surface area (Å²) < 4.78 is 14.6. The van der Waals surface area contributed by atoms with Gasteiger partial charge in [0, 0.05) is 12.0 Å². The highest BCUT2D eigenvalue weighted by Gasteiger charge is 2.39. The molecule has 4 nitrogen and oxygen atoms in total. The van der Waals surface area contributed by atoms with Crippen LogP contribution in [0.25, 0.3) is 5.69 Å². The first kappa shape index (κ1) is 15.8. The molecule has 0 bridgehead atoms. The molecule has 3 aromatic rings. The van der Waals surface area contributed by atoms with Gasteiger partial charge in [-0.3, -0.25) is 4.79 Å². The lowest BCUT2D eigenvalue weighted by Crippen LogP contribution is -2.23. The molecule has 0 amide bonds.